The van der Waals surface area contributed by atoms with Gasteiger partial charge in [-0.25, -0.2) is 0 Å². The Balaban J connectivity index is 2.46. The minimum Gasteiger partial charge on any atom is -0.398 e. The topological polar surface area (TPSA) is 38.9 Å². The second kappa shape index (κ2) is 5.77. The predicted octanol–water partition coefficient (Wildman–Crippen LogP) is 4.30. The Bertz CT molecular complexity index is 500. The molecule has 0 spiro atoms. The molecule has 0 aliphatic heterocycles. The molecule has 1 unspecified atom stereocenters. The van der Waals surface area contributed by atoms with Crippen molar-refractivity contribution in [3.8, 4) is 0 Å². The van der Waals surface area contributed by atoms with Crippen molar-refractivity contribution in [2.45, 2.75) is 59.8 Å². The number of fused-ring (bicyclic) bond motifs is 1. The molecule has 1 atom stereocenters. The van der Waals surface area contributed by atoms with Gasteiger partial charge in [-0.05, 0) is 57.4 Å². The average Bonchev–Trinajstić information content (AvgIpc) is 2.42. The van der Waals surface area contributed by atoms with E-state index in [4.69, 9.17) is 10.7 Å². The lowest BCUT2D eigenvalue weighted by molar-refractivity contribution is 0.659. The van der Waals surface area contributed by atoms with Gasteiger partial charge < -0.3 is 5.73 Å². The molecule has 0 amide bonds. The zero-order chi connectivity index (χ0) is 14.0. The van der Waals surface area contributed by atoms with Gasteiger partial charge in [-0.15, -0.1) is 0 Å². The minimum atomic E-state index is 0.606. The van der Waals surface area contributed by atoms with E-state index >= 15 is 0 Å². The Kier molecular flexibility index (Phi) is 4.28. The average molecular weight is 258 g/mol. The summed E-state index contributed by atoms with van der Waals surface area (Å²) in [6, 6.07) is 0. The third kappa shape index (κ3) is 2.83. The zero-order valence-electron chi connectivity index (χ0n) is 12.7. The molecule has 2 rings (SSSR count). The molecule has 0 saturated carbocycles. The maximum atomic E-state index is 6.41. The smallest absolute Gasteiger partial charge is 0.0469 e. The van der Waals surface area contributed by atoms with E-state index in [1.165, 1.54) is 36.1 Å². The third-order valence-electron chi connectivity index (χ3n) is 4.51. The van der Waals surface area contributed by atoms with Crippen molar-refractivity contribution in [1.29, 1.82) is 0 Å². The van der Waals surface area contributed by atoms with Crippen LogP contribution in [-0.4, -0.2) is 4.98 Å². The van der Waals surface area contributed by atoms with Crippen LogP contribution in [0.1, 0.15) is 62.5 Å². The highest BCUT2D eigenvalue weighted by molar-refractivity contribution is 5.71. The molecule has 0 saturated heterocycles. The van der Waals surface area contributed by atoms with E-state index in [2.05, 4.69) is 33.8 Å². The fourth-order valence-electron chi connectivity index (χ4n) is 2.80. The fourth-order valence-corrected chi connectivity index (χ4v) is 2.80. The molecule has 0 aromatic carbocycles. The highest BCUT2D eigenvalue weighted by atomic mass is 14.7. The third-order valence-corrected chi connectivity index (χ3v) is 4.51. The van der Waals surface area contributed by atoms with Crippen molar-refractivity contribution in [2.24, 2.45) is 5.92 Å². The van der Waals surface area contributed by atoms with E-state index in [-0.39, 0.29) is 0 Å². The van der Waals surface area contributed by atoms with E-state index in [0.29, 0.717) is 5.92 Å². The maximum absolute atomic E-state index is 6.41. The fraction of sp³-hybridized carbons (Fsp3) is 0.588. The molecule has 1 aromatic heterocycles. The highest BCUT2D eigenvalue weighted by Gasteiger charge is 2.17. The molecule has 2 nitrogen and oxygen atoms in total. The van der Waals surface area contributed by atoms with Crippen LogP contribution in [0.3, 0.4) is 0 Å². The van der Waals surface area contributed by atoms with E-state index < -0.39 is 0 Å². The van der Waals surface area contributed by atoms with Crippen LogP contribution in [-0.2, 0) is 12.8 Å². The van der Waals surface area contributed by atoms with Crippen LogP contribution >= 0.6 is 0 Å². The summed E-state index contributed by atoms with van der Waals surface area (Å²) in [5.41, 5.74) is 13.6. The van der Waals surface area contributed by atoms with Crippen LogP contribution in [0.2, 0.25) is 0 Å². The second-order valence-electron chi connectivity index (χ2n) is 5.85. The molecular formula is C17H26N2. The maximum Gasteiger partial charge on any atom is 0.0469 e. The first-order valence-corrected chi connectivity index (χ1v) is 7.50. The summed E-state index contributed by atoms with van der Waals surface area (Å²) in [4.78, 5) is 4.79. The largest absolute Gasteiger partial charge is 0.398 e. The number of rotatable bonds is 3. The van der Waals surface area contributed by atoms with Crippen LogP contribution < -0.4 is 5.73 Å². The van der Waals surface area contributed by atoms with Crippen molar-refractivity contribution in [3.63, 3.8) is 0 Å². The second-order valence-corrected chi connectivity index (χ2v) is 5.85. The number of anilines is 1. The number of nitrogens with zero attached hydrogens (tertiary/aromatic N) is 1. The standard InChI is InChI=1S/C17H26N2/c1-5-11(2)12(3)10-15-13(4)19-16-9-7-6-8-14(16)17(15)18/h10-11H,5-9H2,1-4H3,(H2,18,19)/b12-10-. The Labute approximate surface area is 117 Å². The van der Waals surface area contributed by atoms with E-state index in [1.54, 1.807) is 0 Å². The van der Waals surface area contributed by atoms with E-state index in [9.17, 15) is 0 Å². The van der Waals surface area contributed by atoms with Gasteiger partial charge in [0.25, 0.3) is 0 Å². The van der Waals surface area contributed by atoms with Crippen LogP contribution in [0.4, 0.5) is 5.69 Å². The number of nitrogens with two attached hydrogens (primary N) is 1. The van der Waals surface area contributed by atoms with Crippen LogP contribution in [0.25, 0.3) is 6.08 Å². The predicted molar refractivity (Wildman–Crippen MR) is 83.1 cm³/mol. The zero-order valence-corrected chi connectivity index (χ0v) is 12.7. The summed E-state index contributed by atoms with van der Waals surface area (Å²) >= 11 is 0. The molecular weight excluding hydrogens is 232 g/mol. The van der Waals surface area contributed by atoms with Gasteiger partial charge in [0.05, 0.1) is 0 Å². The van der Waals surface area contributed by atoms with Gasteiger partial charge in [0.15, 0.2) is 0 Å². The minimum absolute atomic E-state index is 0.606. The van der Waals surface area contributed by atoms with E-state index in [0.717, 1.165) is 29.8 Å². The van der Waals surface area contributed by atoms with Gasteiger partial charge >= 0.3 is 0 Å². The molecule has 0 fully saturated rings. The normalized spacial score (nSPS) is 17.2. The van der Waals surface area contributed by atoms with Crippen molar-refractivity contribution in [3.05, 3.63) is 28.1 Å². The van der Waals surface area contributed by atoms with Gasteiger partial charge in [-0.2, -0.15) is 0 Å². The van der Waals surface area contributed by atoms with Gasteiger partial charge in [0, 0.05) is 22.6 Å². The molecule has 104 valence electrons. The Morgan fingerprint density at radius 2 is 2.05 bits per heavy atom. The number of aromatic nitrogens is 1. The summed E-state index contributed by atoms with van der Waals surface area (Å²) in [5, 5.41) is 0. The molecule has 0 radical (unpaired) electrons. The van der Waals surface area contributed by atoms with Gasteiger partial charge in [-0.1, -0.05) is 25.5 Å². The lowest BCUT2D eigenvalue weighted by Gasteiger charge is -2.20. The lowest BCUT2D eigenvalue weighted by Crippen LogP contribution is -2.12. The summed E-state index contributed by atoms with van der Waals surface area (Å²) in [7, 11) is 0. The van der Waals surface area contributed by atoms with Gasteiger partial charge in [0.2, 0.25) is 0 Å². The van der Waals surface area contributed by atoms with Gasteiger partial charge in [0.1, 0.15) is 0 Å². The Morgan fingerprint density at radius 3 is 2.74 bits per heavy atom. The first-order chi connectivity index (χ1) is 9.04. The summed E-state index contributed by atoms with van der Waals surface area (Å²) in [6.07, 6.45) is 8.10. The molecule has 0 bridgehead atoms. The quantitative estimate of drug-likeness (QED) is 0.878. The SMILES string of the molecule is CCC(C)/C(C)=C\c1c(C)nc2c(c1N)CCCC2. The summed E-state index contributed by atoms with van der Waals surface area (Å²) < 4.78 is 0. The number of aryl methyl sites for hydroxylation is 2. The van der Waals surface area contributed by atoms with Gasteiger partial charge in [-0.3, -0.25) is 4.98 Å². The Hall–Kier alpha value is -1.31. The summed E-state index contributed by atoms with van der Waals surface area (Å²) in [6.45, 7) is 8.78. The van der Waals surface area contributed by atoms with Crippen LogP contribution in [0.5, 0.6) is 0 Å². The van der Waals surface area contributed by atoms with Crippen molar-refractivity contribution < 1.29 is 0 Å². The first-order valence-electron chi connectivity index (χ1n) is 7.50. The first kappa shape index (κ1) is 14.1. The number of nitrogen functional groups attached to an aromatic ring is 1. The molecule has 1 aliphatic rings. The number of pyridine rings is 1. The van der Waals surface area contributed by atoms with E-state index in [1.807, 2.05) is 0 Å². The molecule has 2 N–H and O–H groups in total. The molecule has 1 heterocycles. The lowest BCUT2D eigenvalue weighted by atomic mass is 9.90. The number of hydrogen-bond acceptors (Lipinski definition) is 2. The molecule has 19 heavy (non-hydrogen) atoms. The van der Waals surface area contributed by atoms with Crippen molar-refractivity contribution in [1.82, 2.24) is 4.98 Å². The number of hydrogen-bond donors (Lipinski definition) is 1. The molecule has 1 aromatic rings. The van der Waals surface area contributed by atoms with Crippen molar-refractivity contribution >= 4 is 11.8 Å². The summed E-state index contributed by atoms with van der Waals surface area (Å²) in [5.74, 6) is 0.606. The van der Waals surface area contributed by atoms with Crippen molar-refractivity contribution in [2.75, 3.05) is 5.73 Å². The van der Waals surface area contributed by atoms with Crippen LogP contribution in [0, 0.1) is 12.8 Å². The molecule has 2 heteroatoms. The monoisotopic (exact) mass is 258 g/mol. The highest BCUT2D eigenvalue weighted by Crippen LogP contribution is 2.31. The van der Waals surface area contributed by atoms with Crippen LogP contribution in [0.15, 0.2) is 5.57 Å². The Morgan fingerprint density at radius 1 is 1.37 bits per heavy atom. The number of allylic oxidation sites excluding steroid dienone is 1. The molecule has 1 aliphatic carbocycles.